The van der Waals surface area contributed by atoms with Crippen molar-refractivity contribution in [1.82, 2.24) is 4.98 Å². The molecule has 0 aromatic carbocycles. The number of hydrogen-bond donors (Lipinski definition) is 0. The van der Waals surface area contributed by atoms with Gasteiger partial charge in [-0.05, 0) is 22.6 Å². The number of pyridine rings is 1. The van der Waals surface area contributed by atoms with Crippen molar-refractivity contribution in [2.75, 3.05) is 7.11 Å². The van der Waals surface area contributed by atoms with Gasteiger partial charge in [0.05, 0.1) is 13.3 Å². The zero-order valence-corrected chi connectivity index (χ0v) is 7.42. The number of halogens is 2. The largest absolute Gasteiger partial charge is 0.494 e. The first kappa shape index (κ1) is 7.71. The molecule has 1 aromatic heterocycles. The smallest absolute Gasteiger partial charge is 0.153 e. The molecule has 0 amide bonds. The summed E-state index contributed by atoms with van der Waals surface area (Å²) in [6.45, 7) is 0. The number of ether oxygens (including phenoxy) is 1. The van der Waals surface area contributed by atoms with Gasteiger partial charge in [-0.1, -0.05) is 0 Å². The Balaban J connectivity index is 3.09. The fourth-order valence-electron chi connectivity index (χ4n) is 0.547. The third-order valence-corrected chi connectivity index (χ3v) is 1.80. The molecule has 1 aromatic rings. The van der Waals surface area contributed by atoms with Crippen molar-refractivity contribution < 1.29 is 9.13 Å². The average Bonchev–Trinajstić information content (AvgIpc) is 1.94. The van der Waals surface area contributed by atoms with Crippen LogP contribution in [0.3, 0.4) is 0 Å². The Hall–Kier alpha value is -0.390. The summed E-state index contributed by atoms with van der Waals surface area (Å²) in [4.78, 5) is 3.74. The highest BCUT2D eigenvalue weighted by Gasteiger charge is 2.00. The van der Waals surface area contributed by atoms with Crippen LogP contribution in [0.5, 0.6) is 5.75 Å². The van der Waals surface area contributed by atoms with Crippen LogP contribution < -0.4 is 4.74 Å². The van der Waals surface area contributed by atoms with E-state index in [2.05, 4.69) is 4.98 Å². The van der Waals surface area contributed by atoms with E-state index in [-0.39, 0.29) is 5.82 Å². The summed E-state index contributed by atoms with van der Waals surface area (Å²) in [6, 6.07) is 1.30. The summed E-state index contributed by atoms with van der Waals surface area (Å²) in [5.74, 6) is 0.0952. The molecule has 0 aliphatic rings. The van der Waals surface area contributed by atoms with E-state index in [0.717, 1.165) is 6.20 Å². The molecule has 0 aliphatic heterocycles. The van der Waals surface area contributed by atoms with Gasteiger partial charge in [-0.2, -0.15) is 0 Å². The van der Waals surface area contributed by atoms with Gasteiger partial charge < -0.3 is 4.74 Å². The molecule has 1 heterocycles. The molecule has 0 aliphatic carbocycles. The van der Waals surface area contributed by atoms with E-state index < -0.39 is 0 Å². The predicted octanol–water partition coefficient (Wildman–Crippen LogP) is 1.83. The van der Waals surface area contributed by atoms with Crippen LogP contribution in [-0.4, -0.2) is 12.1 Å². The number of methoxy groups -OCH3 is 1. The maximum absolute atomic E-state index is 12.4. The third-order valence-electron chi connectivity index (χ3n) is 0.993. The van der Waals surface area contributed by atoms with Gasteiger partial charge >= 0.3 is 0 Å². The summed E-state index contributed by atoms with van der Waals surface area (Å²) >= 11 is 1.97. The Kier molecular flexibility index (Phi) is 2.42. The summed E-state index contributed by atoms with van der Waals surface area (Å²) in [5, 5.41) is 0. The van der Waals surface area contributed by atoms with E-state index in [9.17, 15) is 4.39 Å². The molecule has 0 saturated heterocycles. The molecule has 0 atom stereocenters. The molecule has 10 heavy (non-hydrogen) atoms. The second kappa shape index (κ2) is 3.14. The van der Waals surface area contributed by atoms with E-state index >= 15 is 0 Å². The first-order valence-corrected chi connectivity index (χ1v) is 3.67. The lowest BCUT2D eigenvalue weighted by molar-refractivity contribution is 0.405. The number of aromatic nitrogens is 1. The topological polar surface area (TPSA) is 22.1 Å². The number of hydrogen-bond acceptors (Lipinski definition) is 2. The highest BCUT2D eigenvalue weighted by Crippen LogP contribution is 2.17. The van der Waals surface area contributed by atoms with E-state index in [4.69, 9.17) is 4.74 Å². The van der Waals surface area contributed by atoms with Crippen LogP contribution in [0.15, 0.2) is 12.3 Å². The minimum atomic E-state index is -0.378. The van der Waals surface area contributed by atoms with Crippen molar-refractivity contribution in [3.05, 3.63) is 21.8 Å². The van der Waals surface area contributed by atoms with Crippen LogP contribution >= 0.6 is 22.6 Å². The quantitative estimate of drug-likeness (QED) is 0.562. The number of rotatable bonds is 1. The Labute approximate surface area is 71.6 Å². The van der Waals surface area contributed by atoms with Gasteiger partial charge in [0.25, 0.3) is 0 Å². The third kappa shape index (κ3) is 1.56. The fraction of sp³-hybridized carbons (Fsp3) is 0.167. The highest BCUT2D eigenvalue weighted by molar-refractivity contribution is 14.1. The zero-order valence-electron chi connectivity index (χ0n) is 5.27. The molecule has 0 bridgehead atoms. The minimum absolute atomic E-state index is 0.378. The summed E-state index contributed by atoms with van der Waals surface area (Å²) in [6.07, 6.45) is 1.16. The molecule has 2 nitrogen and oxygen atoms in total. The molecular weight excluding hydrogens is 248 g/mol. The zero-order chi connectivity index (χ0) is 7.56. The van der Waals surface area contributed by atoms with Crippen molar-refractivity contribution in [1.29, 1.82) is 0 Å². The van der Waals surface area contributed by atoms with Crippen LogP contribution in [0.4, 0.5) is 4.39 Å². The first-order valence-electron chi connectivity index (χ1n) is 2.59. The maximum atomic E-state index is 12.4. The van der Waals surface area contributed by atoms with Gasteiger partial charge in [-0.15, -0.1) is 0 Å². The monoisotopic (exact) mass is 253 g/mol. The van der Waals surface area contributed by atoms with Crippen LogP contribution in [0.1, 0.15) is 0 Å². The first-order chi connectivity index (χ1) is 4.74. The van der Waals surface area contributed by atoms with E-state index in [0.29, 0.717) is 9.45 Å². The number of nitrogens with zero attached hydrogens (tertiary/aromatic N) is 1. The molecule has 1 rings (SSSR count). The van der Waals surface area contributed by atoms with E-state index in [1.165, 1.54) is 13.2 Å². The standard InChI is InChI=1S/C6H5FINO/c1-10-5-2-4(7)3-9-6(5)8/h2-3H,1H3. The lowest BCUT2D eigenvalue weighted by atomic mass is 10.4. The normalized spacial score (nSPS) is 9.50. The Bertz CT molecular complexity index is 241. The Morgan fingerprint density at radius 1 is 1.70 bits per heavy atom. The van der Waals surface area contributed by atoms with Crippen LogP contribution in [-0.2, 0) is 0 Å². The minimum Gasteiger partial charge on any atom is -0.494 e. The molecule has 0 radical (unpaired) electrons. The molecule has 0 spiro atoms. The van der Waals surface area contributed by atoms with Gasteiger partial charge in [0, 0.05) is 6.07 Å². The van der Waals surface area contributed by atoms with Crippen LogP contribution in [0, 0.1) is 9.52 Å². The van der Waals surface area contributed by atoms with E-state index in [1.54, 1.807) is 0 Å². The van der Waals surface area contributed by atoms with Crippen molar-refractivity contribution in [3.8, 4) is 5.75 Å². The van der Waals surface area contributed by atoms with Crippen molar-refractivity contribution >= 4 is 22.6 Å². The predicted molar refractivity (Wildman–Crippen MR) is 43.5 cm³/mol. The van der Waals surface area contributed by atoms with Gasteiger partial charge in [0.15, 0.2) is 5.75 Å². The van der Waals surface area contributed by atoms with Crippen molar-refractivity contribution in [2.45, 2.75) is 0 Å². The Morgan fingerprint density at radius 3 is 2.90 bits per heavy atom. The SMILES string of the molecule is COc1cc(F)cnc1I. The summed E-state index contributed by atoms with van der Waals surface area (Å²) < 4.78 is 17.9. The molecule has 0 N–H and O–H groups in total. The molecule has 0 unspecified atom stereocenters. The molecular formula is C6H5FINO. The highest BCUT2D eigenvalue weighted by atomic mass is 127. The van der Waals surface area contributed by atoms with Crippen molar-refractivity contribution in [3.63, 3.8) is 0 Å². The van der Waals surface area contributed by atoms with Crippen molar-refractivity contribution in [2.24, 2.45) is 0 Å². The summed E-state index contributed by atoms with van der Waals surface area (Å²) in [7, 11) is 1.48. The van der Waals surface area contributed by atoms with Gasteiger partial charge in [0.2, 0.25) is 0 Å². The lowest BCUT2D eigenvalue weighted by Crippen LogP contribution is -1.90. The molecule has 4 heteroatoms. The van der Waals surface area contributed by atoms with E-state index in [1.807, 2.05) is 22.6 Å². The second-order valence-corrected chi connectivity index (χ2v) is 2.67. The average molecular weight is 253 g/mol. The maximum Gasteiger partial charge on any atom is 0.153 e. The van der Waals surface area contributed by atoms with Gasteiger partial charge in [-0.3, -0.25) is 0 Å². The van der Waals surface area contributed by atoms with Gasteiger partial charge in [0.1, 0.15) is 9.52 Å². The molecule has 0 saturated carbocycles. The molecule has 0 fully saturated rings. The lowest BCUT2D eigenvalue weighted by Gasteiger charge is -1.99. The van der Waals surface area contributed by atoms with Gasteiger partial charge in [-0.25, -0.2) is 9.37 Å². The fourth-order valence-corrected chi connectivity index (χ4v) is 1.06. The van der Waals surface area contributed by atoms with Crippen LogP contribution in [0.2, 0.25) is 0 Å². The Morgan fingerprint density at radius 2 is 2.40 bits per heavy atom. The summed E-state index contributed by atoms with van der Waals surface area (Å²) in [5.41, 5.74) is 0. The molecule has 54 valence electrons. The van der Waals surface area contributed by atoms with Crippen LogP contribution in [0.25, 0.3) is 0 Å². The second-order valence-electron chi connectivity index (χ2n) is 1.65.